The van der Waals surface area contributed by atoms with E-state index in [2.05, 4.69) is 15.6 Å². The third-order valence-electron chi connectivity index (χ3n) is 3.10. The first-order valence-corrected chi connectivity index (χ1v) is 6.37. The molecule has 0 spiro atoms. The van der Waals surface area contributed by atoms with Gasteiger partial charge in [0.05, 0.1) is 23.8 Å². The zero-order valence-corrected chi connectivity index (χ0v) is 10.9. The summed E-state index contributed by atoms with van der Waals surface area (Å²) in [5.41, 5.74) is 9.76. The minimum atomic E-state index is 0.665. The van der Waals surface area contributed by atoms with Crippen LogP contribution in [-0.4, -0.2) is 15.0 Å². The second-order valence-corrected chi connectivity index (χ2v) is 4.42. The van der Waals surface area contributed by atoms with Crippen LogP contribution < -0.4 is 11.1 Å². The van der Waals surface area contributed by atoms with Crippen LogP contribution in [0.5, 0.6) is 0 Å². The molecule has 0 atom stereocenters. The Hall–Kier alpha value is -2.82. The quantitative estimate of drug-likeness (QED) is 0.711. The molecule has 0 unspecified atom stereocenters. The summed E-state index contributed by atoms with van der Waals surface area (Å²) in [4.78, 5) is 0. The molecule has 0 radical (unpaired) electrons. The van der Waals surface area contributed by atoms with E-state index >= 15 is 0 Å². The van der Waals surface area contributed by atoms with Crippen molar-refractivity contribution in [2.45, 2.75) is 6.54 Å². The smallest absolute Gasteiger partial charge is 0.0894 e. The number of nitrogens with zero attached hydrogens (tertiary/aromatic N) is 3. The summed E-state index contributed by atoms with van der Waals surface area (Å²) in [7, 11) is 0. The van der Waals surface area contributed by atoms with Crippen LogP contribution in [0, 0.1) is 0 Å². The normalized spacial score (nSPS) is 10.4. The van der Waals surface area contributed by atoms with Gasteiger partial charge in [-0.2, -0.15) is 0 Å². The monoisotopic (exact) mass is 265 g/mol. The topological polar surface area (TPSA) is 68.8 Å². The van der Waals surface area contributed by atoms with Gasteiger partial charge < -0.3 is 11.1 Å². The van der Waals surface area contributed by atoms with E-state index in [-0.39, 0.29) is 0 Å². The number of anilines is 2. The second kappa shape index (κ2) is 5.44. The molecule has 1 aromatic heterocycles. The molecule has 2 aromatic carbocycles. The highest BCUT2D eigenvalue weighted by atomic mass is 15.4. The molecule has 20 heavy (non-hydrogen) atoms. The van der Waals surface area contributed by atoms with Gasteiger partial charge in [0.2, 0.25) is 0 Å². The van der Waals surface area contributed by atoms with Gasteiger partial charge in [0.25, 0.3) is 0 Å². The van der Waals surface area contributed by atoms with Crippen LogP contribution in [0.3, 0.4) is 0 Å². The van der Waals surface area contributed by atoms with Gasteiger partial charge in [-0.3, -0.25) is 0 Å². The van der Waals surface area contributed by atoms with E-state index < -0.39 is 0 Å². The molecule has 0 aliphatic carbocycles. The molecule has 0 amide bonds. The third kappa shape index (κ3) is 2.47. The first-order chi connectivity index (χ1) is 9.84. The van der Waals surface area contributed by atoms with Gasteiger partial charge in [0.1, 0.15) is 0 Å². The van der Waals surface area contributed by atoms with E-state index in [0.29, 0.717) is 6.54 Å². The lowest BCUT2D eigenvalue weighted by atomic mass is 10.1. The van der Waals surface area contributed by atoms with Crippen molar-refractivity contribution in [2.75, 3.05) is 11.1 Å². The Bertz CT molecular complexity index is 691. The second-order valence-electron chi connectivity index (χ2n) is 4.42. The fourth-order valence-corrected chi connectivity index (χ4v) is 2.05. The average molecular weight is 265 g/mol. The number of hydrogen-bond donors (Lipinski definition) is 2. The number of nitrogens with two attached hydrogens (primary N) is 1. The van der Waals surface area contributed by atoms with Crippen molar-refractivity contribution in [3.05, 3.63) is 66.5 Å². The van der Waals surface area contributed by atoms with Crippen molar-refractivity contribution < 1.29 is 0 Å². The summed E-state index contributed by atoms with van der Waals surface area (Å²) >= 11 is 0. The van der Waals surface area contributed by atoms with E-state index in [1.54, 1.807) is 10.9 Å². The highest BCUT2D eigenvalue weighted by molar-refractivity contribution is 5.61. The van der Waals surface area contributed by atoms with Crippen molar-refractivity contribution in [3.63, 3.8) is 0 Å². The SMILES string of the molecule is Nc1ccccc1CNc1ccccc1-n1ccnn1. The van der Waals surface area contributed by atoms with Gasteiger partial charge in [0.15, 0.2) is 0 Å². The van der Waals surface area contributed by atoms with Crippen LogP contribution in [0.15, 0.2) is 60.9 Å². The van der Waals surface area contributed by atoms with E-state index in [4.69, 9.17) is 5.73 Å². The average Bonchev–Trinajstić information content (AvgIpc) is 3.01. The lowest BCUT2D eigenvalue weighted by molar-refractivity contribution is 0.803. The molecule has 100 valence electrons. The maximum atomic E-state index is 5.95. The Kier molecular flexibility index (Phi) is 3.33. The fourth-order valence-electron chi connectivity index (χ4n) is 2.05. The maximum Gasteiger partial charge on any atom is 0.0894 e. The summed E-state index contributed by atoms with van der Waals surface area (Å²) in [5, 5.41) is 11.2. The molecule has 5 nitrogen and oxygen atoms in total. The maximum absolute atomic E-state index is 5.95. The predicted molar refractivity (Wildman–Crippen MR) is 79.5 cm³/mol. The van der Waals surface area contributed by atoms with Crippen LogP contribution in [0.2, 0.25) is 0 Å². The summed E-state index contributed by atoms with van der Waals surface area (Å²) in [6.07, 6.45) is 3.48. The Labute approximate surface area is 117 Å². The van der Waals surface area contributed by atoms with Crippen molar-refractivity contribution in [1.82, 2.24) is 15.0 Å². The zero-order valence-electron chi connectivity index (χ0n) is 10.9. The number of hydrogen-bond acceptors (Lipinski definition) is 4. The van der Waals surface area contributed by atoms with Crippen molar-refractivity contribution in [1.29, 1.82) is 0 Å². The molecule has 0 bridgehead atoms. The standard InChI is InChI=1S/C15H15N5/c16-13-6-2-1-5-12(13)11-17-14-7-3-4-8-15(14)20-10-9-18-19-20/h1-10,17H,11,16H2. The van der Waals surface area contributed by atoms with Crippen molar-refractivity contribution in [3.8, 4) is 5.69 Å². The van der Waals surface area contributed by atoms with Crippen LogP contribution in [0.1, 0.15) is 5.56 Å². The first-order valence-electron chi connectivity index (χ1n) is 6.37. The Morgan fingerprint density at radius 1 is 1.05 bits per heavy atom. The molecule has 1 heterocycles. The lowest BCUT2D eigenvalue weighted by Gasteiger charge is -2.12. The largest absolute Gasteiger partial charge is 0.398 e. The van der Waals surface area contributed by atoms with Crippen LogP contribution in [-0.2, 0) is 6.54 Å². The Balaban J connectivity index is 1.84. The molecule has 5 heteroatoms. The van der Waals surface area contributed by atoms with Gasteiger partial charge in [0, 0.05) is 12.2 Å². The summed E-state index contributed by atoms with van der Waals surface area (Å²) in [6, 6.07) is 15.8. The zero-order chi connectivity index (χ0) is 13.8. The summed E-state index contributed by atoms with van der Waals surface area (Å²) in [6.45, 7) is 0.665. The molecule has 3 rings (SSSR count). The number of para-hydroxylation sites is 3. The molecule has 0 aliphatic rings. The number of benzene rings is 2. The molecule has 3 aromatic rings. The summed E-state index contributed by atoms with van der Waals surface area (Å²) in [5.74, 6) is 0. The first kappa shape index (κ1) is 12.2. The molecule has 3 N–H and O–H groups in total. The predicted octanol–water partition coefficient (Wildman–Crippen LogP) is 2.46. The van der Waals surface area contributed by atoms with E-state index in [1.807, 2.05) is 54.7 Å². The van der Waals surface area contributed by atoms with Gasteiger partial charge in [-0.15, -0.1) is 5.10 Å². The summed E-state index contributed by atoms with van der Waals surface area (Å²) < 4.78 is 1.73. The highest BCUT2D eigenvalue weighted by Crippen LogP contribution is 2.20. The lowest BCUT2D eigenvalue weighted by Crippen LogP contribution is -2.06. The number of nitrogen functional groups attached to an aromatic ring is 1. The minimum Gasteiger partial charge on any atom is -0.398 e. The van der Waals surface area contributed by atoms with Gasteiger partial charge in [-0.05, 0) is 23.8 Å². The molecule has 0 saturated carbocycles. The highest BCUT2D eigenvalue weighted by Gasteiger charge is 2.05. The van der Waals surface area contributed by atoms with E-state index in [1.165, 1.54) is 0 Å². The van der Waals surface area contributed by atoms with Crippen LogP contribution >= 0.6 is 0 Å². The molecular weight excluding hydrogens is 250 g/mol. The van der Waals surface area contributed by atoms with Gasteiger partial charge >= 0.3 is 0 Å². The molecule has 0 aliphatic heterocycles. The molecular formula is C15H15N5. The third-order valence-corrected chi connectivity index (χ3v) is 3.10. The van der Waals surface area contributed by atoms with Gasteiger partial charge in [-0.1, -0.05) is 35.5 Å². The van der Waals surface area contributed by atoms with E-state index in [0.717, 1.165) is 22.6 Å². The fraction of sp³-hybridized carbons (Fsp3) is 0.0667. The molecule has 0 saturated heterocycles. The van der Waals surface area contributed by atoms with Crippen molar-refractivity contribution >= 4 is 11.4 Å². The van der Waals surface area contributed by atoms with Crippen LogP contribution in [0.4, 0.5) is 11.4 Å². The number of aromatic nitrogens is 3. The number of rotatable bonds is 4. The Morgan fingerprint density at radius 3 is 2.65 bits per heavy atom. The van der Waals surface area contributed by atoms with E-state index in [9.17, 15) is 0 Å². The van der Waals surface area contributed by atoms with Crippen molar-refractivity contribution in [2.24, 2.45) is 0 Å². The van der Waals surface area contributed by atoms with Crippen LogP contribution in [0.25, 0.3) is 5.69 Å². The number of nitrogens with one attached hydrogen (secondary N) is 1. The minimum absolute atomic E-state index is 0.665. The van der Waals surface area contributed by atoms with Gasteiger partial charge in [-0.25, -0.2) is 4.68 Å². The molecule has 0 fully saturated rings. The Morgan fingerprint density at radius 2 is 1.85 bits per heavy atom.